The molecule has 0 unspecified atom stereocenters. The molecule has 0 saturated carbocycles. The highest BCUT2D eigenvalue weighted by Crippen LogP contribution is 2.27. The number of benzene rings is 2. The first kappa shape index (κ1) is 22.5. The number of carbonyl (C=O) groups excluding carboxylic acids is 2. The van der Waals surface area contributed by atoms with Gasteiger partial charge in [-0.1, -0.05) is 36.4 Å². The maximum atomic E-state index is 12.8. The van der Waals surface area contributed by atoms with Gasteiger partial charge in [0.15, 0.2) is 5.84 Å². The van der Waals surface area contributed by atoms with E-state index in [2.05, 4.69) is 9.98 Å². The van der Waals surface area contributed by atoms with E-state index in [1.165, 1.54) is 31.2 Å². The SMILES string of the molecule is C/C(O)=C(/C(=O)OC(C)(C)C)C1=NC(=NC(=O)c2ccccc2[N+](=O)[O-])c2ccccc21. The summed E-state index contributed by atoms with van der Waals surface area (Å²) in [4.78, 5) is 44.4. The summed E-state index contributed by atoms with van der Waals surface area (Å²) < 4.78 is 5.40. The second-order valence-corrected chi connectivity index (χ2v) is 7.98. The summed E-state index contributed by atoms with van der Waals surface area (Å²) in [6, 6.07) is 12.2. The van der Waals surface area contributed by atoms with E-state index in [1.807, 2.05) is 0 Å². The third kappa shape index (κ3) is 4.61. The molecule has 0 aliphatic carbocycles. The first-order valence-electron chi connectivity index (χ1n) is 9.68. The number of amidine groups is 1. The number of hydrogen-bond donors (Lipinski definition) is 1. The van der Waals surface area contributed by atoms with Gasteiger partial charge < -0.3 is 9.84 Å². The maximum absolute atomic E-state index is 12.8. The van der Waals surface area contributed by atoms with Gasteiger partial charge in [-0.05, 0) is 33.8 Å². The lowest BCUT2D eigenvalue weighted by Gasteiger charge is -2.21. The topological polar surface area (TPSA) is 131 Å². The van der Waals surface area contributed by atoms with Crippen molar-refractivity contribution >= 4 is 29.1 Å². The number of para-hydroxylation sites is 1. The normalized spacial score (nSPS) is 15.0. The van der Waals surface area contributed by atoms with Crippen molar-refractivity contribution in [2.75, 3.05) is 0 Å². The van der Waals surface area contributed by atoms with Crippen molar-refractivity contribution in [2.24, 2.45) is 9.98 Å². The van der Waals surface area contributed by atoms with Crippen molar-refractivity contribution in [1.29, 1.82) is 0 Å². The molecule has 3 rings (SSSR count). The zero-order valence-electron chi connectivity index (χ0n) is 17.9. The number of nitro benzene ring substituents is 1. The van der Waals surface area contributed by atoms with E-state index in [4.69, 9.17) is 4.74 Å². The zero-order valence-corrected chi connectivity index (χ0v) is 17.9. The molecule has 2 aromatic carbocycles. The van der Waals surface area contributed by atoms with Gasteiger partial charge in [0.1, 0.15) is 22.5 Å². The number of nitro groups is 1. The summed E-state index contributed by atoms with van der Waals surface area (Å²) in [6.07, 6.45) is 0. The lowest BCUT2D eigenvalue weighted by molar-refractivity contribution is -0.385. The van der Waals surface area contributed by atoms with Crippen LogP contribution >= 0.6 is 0 Å². The van der Waals surface area contributed by atoms with Crippen LogP contribution in [0.3, 0.4) is 0 Å². The van der Waals surface area contributed by atoms with Crippen LogP contribution in [0.1, 0.15) is 49.2 Å². The van der Waals surface area contributed by atoms with E-state index in [-0.39, 0.29) is 34.1 Å². The third-order valence-electron chi connectivity index (χ3n) is 4.38. The number of amides is 1. The number of ether oxygens (including phenoxy) is 1. The van der Waals surface area contributed by atoms with Crippen LogP contribution in [0.5, 0.6) is 0 Å². The second-order valence-electron chi connectivity index (χ2n) is 7.98. The lowest BCUT2D eigenvalue weighted by Crippen LogP contribution is -2.28. The van der Waals surface area contributed by atoms with Crippen LogP contribution in [0.25, 0.3) is 0 Å². The van der Waals surface area contributed by atoms with E-state index in [1.54, 1.807) is 45.0 Å². The molecule has 0 spiro atoms. The number of hydrogen-bond acceptors (Lipinski definition) is 6. The molecule has 1 amide bonds. The summed E-state index contributed by atoms with van der Waals surface area (Å²) in [5.74, 6) is -1.96. The standard InChI is InChI=1S/C23H21N3O6/c1-13(27)18(22(29)32-23(2,3)4)19-14-9-5-6-10-15(14)20(24-19)25-21(28)16-11-7-8-12-17(16)26(30)31/h5-12,27H,1-4H3/b18-13-,25-20?. The highest BCUT2D eigenvalue weighted by atomic mass is 16.6. The lowest BCUT2D eigenvalue weighted by atomic mass is 9.99. The molecule has 1 N–H and O–H groups in total. The Kier molecular flexibility index (Phi) is 6.02. The minimum absolute atomic E-state index is 0.0268. The molecule has 1 heterocycles. The van der Waals surface area contributed by atoms with E-state index >= 15 is 0 Å². The van der Waals surface area contributed by atoms with Crippen molar-refractivity contribution in [3.8, 4) is 0 Å². The molecule has 0 fully saturated rings. The van der Waals surface area contributed by atoms with E-state index in [0.29, 0.717) is 11.1 Å². The van der Waals surface area contributed by atoms with E-state index in [0.717, 1.165) is 0 Å². The Morgan fingerprint density at radius 3 is 2.25 bits per heavy atom. The highest BCUT2D eigenvalue weighted by Gasteiger charge is 2.32. The smallest absolute Gasteiger partial charge is 0.344 e. The Hall–Kier alpha value is -4.14. The number of aliphatic hydroxyl groups is 1. The summed E-state index contributed by atoms with van der Waals surface area (Å²) >= 11 is 0. The van der Waals surface area contributed by atoms with Gasteiger partial charge in [0, 0.05) is 17.2 Å². The van der Waals surface area contributed by atoms with Crippen molar-refractivity contribution in [2.45, 2.75) is 33.3 Å². The number of nitrogens with zero attached hydrogens (tertiary/aromatic N) is 3. The molecule has 32 heavy (non-hydrogen) atoms. The summed E-state index contributed by atoms with van der Waals surface area (Å²) in [6.45, 7) is 6.41. The molecule has 0 bridgehead atoms. The molecular weight excluding hydrogens is 414 g/mol. The second kappa shape index (κ2) is 8.54. The average Bonchev–Trinajstić information content (AvgIpc) is 3.04. The summed E-state index contributed by atoms with van der Waals surface area (Å²) in [5.41, 5.74) is -0.521. The van der Waals surface area contributed by atoms with Crippen molar-refractivity contribution < 1.29 is 24.4 Å². The Morgan fingerprint density at radius 2 is 1.66 bits per heavy atom. The number of aliphatic hydroxyl groups excluding tert-OH is 1. The Labute approximate surface area is 183 Å². The van der Waals surface area contributed by atoms with Gasteiger partial charge in [0.05, 0.1) is 10.6 Å². The van der Waals surface area contributed by atoms with Gasteiger partial charge in [-0.3, -0.25) is 14.9 Å². The third-order valence-corrected chi connectivity index (χ3v) is 4.38. The number of aliphatic imine (C=N–C) groups is 2. The number of fused-ring (bicyclic) bond motifs is 1. The fourth-order valence-corrected chi connectivity index (χ4v) is 3.10. The van der Waals surface area contributed by atoms with Gasteiger partial charge in [-0.15, -0.1) is 0 Å². The monoisotopic (exact) mass is 435 g/mol. The number of esters is 1. The van der Waals surface area contributed by atoms with Gasteiger partial charge in [-0.2, -0.15) is 4.99 Å². The van der Waals surface area contributed by atoms with Crippen LogP contribution in [-0.2, 0) is 9.53 Å². The van der Waals surface area contributed by atoms with Crippen LogP contribution in [0.2, 0.25) is 0 Å². The minimum atomic E-state index is -0.851. The predicted octanol–water partition coefficient (Wildman–Crippen LogP) is 4.16. The Morgan fingerprint density at radius 1 is 1.06 bits per heavy atom. The molecule has 1 aliphatic rings. The highest BCUT2D eigenvalue weighted by molar-refractivity contribution is 6.36. The number of carbonyl (C=O) groups is 2. The summed E-state index contributed by atoms with van der Waals surface area (Å²) in [7, 11) is 0. The molecule has 2 aromatic rings. The maximum Gasteiger partial charge on any atom is 0.344 e. The van der Waals surface area contributed by atoms with E-state index in [9.17, 15) is 24.8 Å². The molecule has 9 nitrogen and oxygen atoms in total. The first-order chi connectivity index (χ1) is 15.0. The molecule has 164 valence electrons. The average molecular weight is 435 g/mol. The molecular formula is C23H21N3O6. The van der Waals surface area contributed by atoms with Crippen molar-refractivity contribution in [1.82, 2.24) is 0 Å². The van der Waals surface area contributed by atoms with Crippen LogP contribution in [0.15, 0.2) is 69.8 Å². The molecule has 9 heteroatoms. The van der Waals surface area contributed by atoms with Crippen LogP contribution in [-0.4, -0.2) is 39.1 Å². The minimum Gasteiger partial charge on any atom is -0.512 e. The predicted molar refractivity (Wildman–Crippen MR) is 118 cm³/mol. The Bertz CT molecular complexity index is 1210. The molecule has 0 radical (unpaired) electrons. The fraction of sp³-hybridized carbons (Fsp3) is 0.217. The molecule has 0 atom stereocenters. The number of allylic oxidation sites excluding steroid dienone is 1. The zero-order chi connectivity index (χ0) is 23.6. The van der Waals surface area contributed by atoms with Crippen molar-refractivity contribution in [3.63, 3.8) is 0 Å². The fourth-order valence-electron chi connectivity index (χ4n) is 3.10. The van der Waals surface area contributed by atoms with Crippen molar-refractivity contribution in [3.05, 3.63) is 86.7 Å². The van der Waals surface area contributed by atoms with Crippen LogP contribution < -0.4 is 0 Å². The largest absolute Gasteiger partial charge is 0.512 e. The Balaban J connectivity index is 2.12. The molecule has 0 aromatic heterocycles. The van der Waals surface area contributed by atoms with Gasteiger partial charge in [0.25, 0.3) is 11.6 Å². The quantitative estimate of drug-likeness (QED) is 0.252. The number of rotatable bonds is 4. The van der Waals surface area contributed by atoms with Gasteiger partial charge in [-0.25, -0.2) is 9.79 Å². The first-order valence-corrected chi connectivity index (χ1v) is 9.68. The van der Waals surface area contributed by atoms with Gasteiger partial charge >= 0.3 is 5.97 Å². The molecule has 1 aliphatic heterocycles. The summed E-state index contributed by atoms with van der Waals surface area (Å²) in [5, 5.41) is 21.5. The van der Waals surface area contributed by atoms with E-state index < -0.39 is 22.4 Å². The van der Waals surface area contributed by atoms with Gasteiger partial charge in [0.2, 0.25) is 0 Å². The van der Waals surface area contributed by atoms with Crippen LogP contribution in [0.4, 0.5) is 5.69 Å². The van der Waals surface area contributed by atoms with Crippen LogP contribution in [0, 0.1) is 10.1 Å². The molecule has 0 saturated heterocycles.